The van der Waals surface area contributed by atoms with Gasteiger partial charge in [-0.1, -0.05) is 5.11 Å². The van der Waals surface area contributed by atoms with Gasteiger partial charge < -0.3 is 4.74 Å². The van der Waals surface area contributed by atoms with Gasteiger partial charge in [-0.25, -0.2) is 4.79 Å². The lowest BCUT2D eigenvalue weighted by Crippen LogP contribution is -2.02. The van der Waals surface area contributed by atoms with Crippen LogP contribution in [-0.4, -0.2) is 18.1 Å². The summed E-state index contributed by atoms with van der Waals surface area (Å²) >= 11 is 0. The average molecular weight is 192 g/mol. The summed E-state index contributed by atoms with van der Waals surface area (Å²) < 4.78 is 4.51. The Bertz CT molecular complexity index is 385. The minimum absolute atomic E-state index is 0.175. The van der Waals surface area contributed by atoms with Crippen molar-refractivity contribution < 1.29 is 9.53 Å². The number of esters is 1. The van der Waals surface area contributed by atoms with E-state index in [1.54, 1.807) is 6.07 Å². The molecule has 0 atom stereocenters. The molecule has 1 aromatic rings. The number of ether oxygens (including phenoxy) is 1. The molecule has 0 spiro atoms. The molecule has 0 bridgehead atoms. The molecule has 14 heavy (non-hydrogen) atoms. The Morgan fingerprint density at radius 2 is 2.50 bits per heavy atom. The standard InChI is InChI=1S/C8H8N4O2/c1-14-8(13)7-2-6(3-10-5-7)4-11-12-9/h2-3,5H,4H2,1H3. The normalized spacial score (nSPS) is 8.93. The van der Waals surface area contributed by atoms with Crippen LogP contribution in [-0.2, 0) is 11.3 Å². The SMILES string of the molecule is COC(=O)c1cncc(CN=[N+]=[N-])c1. The minimum Gasteiger partial charge on any atom is -0.465 e. The second-order valence-corrected chi connectivity index (χ2v) is 2.46. The Kier molecular flexibility index (Phi) is 3.46. The summed E-state index contributed by atoms with van der Waals surface area (Å²) in [6, 6.07) is 1.58. The highest BCUT2D eigenvalue weighted by atomic mass is 16.5. The molecule has 0 N–H and O–H groups in total. The molecular weight excluding hydrogens is 184 g/mol. The Labute approximate surface area is 80.2 Å². The third-order valence-electron chi connectivity index (χ3n) is 1.53. The smallest absolute Gasteiger partial charge is 0.339 e. The van der Waals surface area contributed by atoms with Gasteiger partial charge in [0.05, 0.1) is 19.2 Å². The Hall–Kier alpha value is -2.07. The van der Waals surface area contributed by atoms with Crippen molar-refractivity contribution in [3.63, 3.8) is 0 Å². The molecule has 1 aromatic heterocycles. The lowest BCUT2D eigenvalue weighted by atomic mass is 10.2. The second kappa shape index (κ2) is 4.84. The maximum atomic E-state index is 11.1. The van der Waals surface area contributed by atoms with Gasteiger partial charge in [-0.2, -0.15) is 0 Å². The highest BCUT2D eigenvalue weighted by Crippen LogP contribution is 2.05. The van der Waals surface area contributed by atoms with Crippen LogP contribution < -0.4 is 0 Å². The van der Waals surface area contributed by atoms with Gasteiger partial charge >= 0.3 is 5.97 Å². The summed E-state index contributed by atoms with van der Waals surface area (Å²) in [5, 5.41) is 3.36. The lowest BCUT2D eigenvalue weighted by molar-refractivity contribution is 0.0600. The van der Waals surface area contributed by atoms with Gasteiger partial charge in [-0.3, -0.25) is 4.98 Å². The van der Waals surface area contributed by atoms with Gasteiger partial charge in [-0.05, 0) is 17.2 Å². The topological polar surface area (TPSA) is 88.0 Å². The second-order valence-electron chi connectivity index (χ2n) is 2.46. The van der Waals surface area contributed by atoms with E-state index >= 15 is 0 Å². The number of carbonyl (C=O) groups is 1. The van der Waals surface area contributed by atoms with Crippen LogP contribution in [0.3, 0.4) is 0 Å². The number of hydrogen-bond acceptors (Lipinski definition) is 4. The Balaban J connectivity index is 2.88. The van der Waals surface area contributed by atoms with Crippen molar-refractivity contribution in [3.05, 3.63) is 40.0 Å². The maximum absolute atomic E-state index is 11.1. The number of carbonyl (C=O) groups excluding carboxylic acids is 1. The predicted molar refractivity (Wildman–Crippen MR) is 48.4 cm³/mol. The summed E-state index contributed by atoms with van der Waals surface area (Å²) in [5.74, 6) is -0.458. The molecule has 6 heteroatoms. The largest absolute Gasteiger partial charge is 0.465 e. The summed E-state index contributed by atoms with van der Waals surface area (Å²) in [6.45, 7) is 0.175. The van der Waals surface area contributed by atoms with Gasteiger partial charge in [0.15, 0.2) is 0 Å². The fraction of sp³-hybridized carbons (Fsp3) is 0.250. The first kappa shape index (κ1) is 10.0. The quantitative estimate of drug-likeness (QED) is 0.316. The molecule has 0 saturated heterocycles. The first-order chi connectivity index (χ1) is 6.77. The average Bonchev–Trinajstić information content (AvgIpc) is 2.25. The van der Waals surface area contributed by atoms with E-state index in [1.807, 2.05) is 0 Å². The molecule has 72 valence electrons. The van der Waals surface area contributed by atoms with Crippen molar-refractivity contribution in [1.29, 1.82) is 0 Å². The minimum atomic E-state index is -0.458. The van der Waals surface area contributed by atoms with Crippen LogP contribution in [0.15, 0.2) is 23.6 Å². The fourth-order valence-corrected chi connectivity index (χ4v) is 0.917. The number of hydrogen-bond donors (Lipinski definition) is 0. The van der Waals surface area contributed by atoms with E-state index in [0.29, 0.717) is 11.1 Å². The first-order valence-corrected chi connectivity index (χ1v) is 3.81. The van der Waals surface area contributed by atoms with Crippen molar-refractivity contribution in [3.8, 4) is 0 Å². The van der Waals surface area contributed by atoms with Crippen LogP contribution in [0.25, 0.3) is 10.4 Å². The molecule has 0 radical (unpaired) electrons. The van der Waals surface area contributed by atoms with Crippen LogP contribution in [0.5, 0.6) is 0 Å². The maximum Gasteiger partial charge on any atom is 0.339 e. The molecule has 0 aromatic carbocycles. The highest BCUT2D eigenvalue weighted by molar-refractivity contribution is 5.89. The van der Waals surface area contributed by atoms with Gasteiger partial charge in [0.2, 0.25) is 0 Å². The van der Waals surface area contributed by atoms with Crippen molar-refractivity contribution >= 4 is 5.97 Å². The van der Waals surface area contributed by atoms with Gasteiger partial charge in [0.25, 0.3) is 0 Å². The van der Waals surface area contributed by atoms with Crippen molar-refractivity contribution in [2.75, 3.05) is 7.11 Å². The first-order valence-electron chi connectivity index (χ1n) is 3.81. The van der Waals surface area contributed by atoms with Gasteiger partial charge in [0.1, 0.15) is 0 Å². The summed E-state index contributed by atoms with van der Waals surface area (Å²) in [7, 11) is 1.29. The summed E-state index contributed by atoms with van der Waals surface area (Å²) in [6.07, 6.45) is 2.92. The van der Waals surface area contributed by atoms with Crippen LogP contribution in [0, 0.1) is 0 Å². The molecule has 0 fully saturated rings. The van der Waals surface area contributed by atoms with Crippen molar-refractivity contribution in [2.45, 2.75) is 6.54 Å². The zero-order chi connectivity index (χ0) is 10.4. The van der Waals surface area contributed by atoms with Crippen LogP contribution in [0.1, 0.15) is 15.9 Å². The van der Waals surface area contributed by atoms with E-state index in [1.165, 1.54) is 19.5 Å². The highest BCUT2D eigenvalue weighted by Gasteiger charge is 2.05. The van der Waals surface area contributed by atoms with E-state index in [0.717, 1.165) is 0 Å². The third kappa shape index (κ3) is 2.46. The number of aromatic nitrogens is 1. The van der Waals surface area contributed by atoms with Crippen molar-refractivity contribution in [1.82, 2.24) is 4.98 Å². The van der Waals surface area contributed by atoms with Crippen LogP contribution in [0.4, 0.5) is 0 Å². The zero-order valence-corrected chi connectivity index (χ0v) is 7.54. The molecule has 1 heterocycles. The van der Waals surface area contributed by atoms with E-state index in [9.17, 15) is 4.79 Å². The molecular formula is C8H8N4O2. The number of pyridine rings is 1. The molecule has 0 aliphatic rings. The molecule has 0 unspecified atom stereocenters. The van der Waals surface area contributed by atoms with E-state index < -0.39 is 5.97 Å². The Morgan fingerprint density at radius 1 is 1.71 bits per heavy atom. The molecule has 0 amide bonds. The van der Waals surface area contributed by atoms with E-state index in [4.69, 9.17) is 5.53 Å². The number of rotatable bonds is 3. The fourth-order valence-electron chi connectivity index (χ4n) is 0.917. The van der Waals surface area contributed by atoms with E-state index in [-0.39, 0.29) is 6.54 Å². The van der Waals surface area contributed by atoms with Crippen molar-refractivity contribution in [2.24, 2.45) is 5.11 Å². The molecule has 0 aliphatic carbocycles. The molecule has 1 rings (SSSR count). The third-order valence-corrected chi connectivity index (χ3v) is 1.53. The molecule has 0 aliphatic heterocycles. The number of azide groups is 1. The lowest BCUT2D eigenvalue weighted by Gasteiger charge is -1.99. The van der Waals surface area contributed by atoms with E-state index in [2.05, 4.69) is 19.7 Å². The number of methoxy groups -OCH3 is 1. The van der Waals surface area contributed by atoms with Gasteiger partial charge in [0, 0.05) is 17.3 Å². The van der Waals surface area contributed by atoms with Crippen LogP contribution >= 0.6 is 0 Å². The zero-order valence-electron chi connectivity index (χ0n) is 7.54. The molecule has 0 saturated carbocycles. The monoisotopic (exact) mass is 192 g/mol. The van der Waals surface area contributed by atoms with Crippen LogP contribution in [0.2, 0.25) is 0 Å². The molecule has 6 nitrogen and oxygen atoms in total. The summed E-state index contributed by atoms with van der Waals surface area (Å²) in [4.78, 5) is 17.5. The summed E-state index contributed by atoms with van der Waals surface area (Å²) in [5.41, 5.74) is 9.12. The Morgan fingerprint density at radius 3 is 3.14 bits per heavy atom. The predicted octanol–water partition coefficient (Wildman–Crippen LogP) is 1.68. The number of nitrogens with zero attached hydrogens (tertiary/aromatic N) is 4. The van der Waals surface area contributed by atoms with Gasteiger partial charge in [-0.15, -0.1) is 0 Å².